The topological polar surface area (TPSA) is 37.3 Å². The molecule has 0 amide bonds. The van der Waals surface area contributed by atoms with Crippen LogP contribution in [0, 0.1) is 0 Å². The molecule has 0 aliphatic rings. The van der Waals surface area contributed by atoms with E-state index < -0.39 is 0 Å². The fourth-order valence-electron chi connectivity index (χ4n) is 1.61. The summed E-state index contributed by atoms with van der Waals surface area (Å²) in [5.74, 6) is 0.0483. The fourth-order valence-corrected chi connectivity index (χ4v) is 1.92. The highest BCUT2D eigenvalue weighted by Gasteiger charge is 1.97. The van der Waals surface area contributed by atoms with Gasteiger partial charge in [0.15, 0.2) is 5.78 Å². The molecule has 0 atom stereocenters. The molecular formula is C17H12Cl2O2. The van der Waals surface area contributed by atoms with E-state index >= 15 is 0 Å². The molecule has 0 radical (unpaired) electrons. The van der Waals surface area contributed by atoms with Crippen molar-refractivity contribution in [2.45, 2.75) is 0 Å². The smallest absolute Gasteiger partial charge is 0.178 e. The van der Waals surface area contributed by atoms with Crippen molar-refractivity contribution < 1.29 is 9.90 Å². The molecule has 0 aromatic heterocycles. The largest absolute Gasteiger partial charge is 0.508 e. The van der Waals surface area contributed by atoms with E-state index in [9.17, 15) is 4.79 Å². The Labute approximate surface area is 132 Å². The molecule has 21 heavy (non-hydrogen) atoms. The minimum Gasteiger partial charge on any atom is -0.508 e. The first kappa shape index (κ1) is 15.4. The number of benzene rings is 2. The Morgan fingerprint density at radius 3 is 2.05 bits per heavy atom. The molecule has 0 saturated heterocycles. The molecule has 0 heterocycles. The number of hydrogen-bond acceptors (Lipinski definition) is 2. The van der Waals surface area contributed by atoms with Crippen molar-refractivity contribution in [3.8, 4) is 5.75 Å². The molecule has 2 nitrogen and oxygen atoms in total. The van der Waals surface area contributed by atoms with Gasteiger partial charge in [0, 0.05) is 0 Å². The van der Waals surface area contributed by atoms with Crippen molar-refractivity contribution in [3.05, 3.63) is 75.8 Å². The summed E-state index contributed by atoms with van der Waals surface area (Å²) in [5.41, 5.74) is 1.64. The minimum atomic E-state index is -0.144. The first-order valence-electron chi connectivity index (χ1n) is 6.19. The van der Waals surface area contributed by atoms with Crippen LogP contribution in [0.5, 0.6) is 5.75 Å². The van der Waals surface area contributed by atoms with Gasteiger partial charge in [-0.25, -0.2) is 0 Å². The van der Waals surface area contributed by atoms with E-state index in [-0.39, 0.29) is 11.5 Å². The van der Waals surface area contributed by atoms with Crippen molar-refractivity contribution >= 4 is 41.1 Å². The molecule has 0 unspecified atom stereocenters. The van der Waals surface area contributed by atoms with Gasteiger partial charge in [-0.15, -0.1) is 0 Å². The summed E-state index contributed by atoms with van der Waals surface area (Å²) in [4.78, 5) is 11.7. The summed E-state index contributed by atoms with van der Waals surface area (Å²) in [6, 6.07) is 11.7. The molecule has 2 rings (SSSR count). The van der Waals surface area contributed by atoms with Crippen molar-refractivity contribution in [2.75, 3.05) is 0 Å². The molecule has 0 aliphatic carbocycles. The fraction of sp³-hybridized carbons (Fsp3) is 0. The lowest BCUT2D eigenvalue weighted by Crippen LogP contribution is -1.85. The molecule has 0 spiro atoms. The van der Waals surface area contributed by atoms with Crippen LogP contribution in [0.4, 0.5) is 0 Å². The summed E-state index contributed by atoms with van der Waals surface area (Å²) in [6.45, 7) is 0. The molecule has 0 aliphatic heterocycles. The monoisotopic (exact) mass is 318 g/mol. The summed E-state index contributed by atoms with van der Waals surface area (Å²) < 4.78 is 0. The Balaban J connectivity index is 2.02. The highest BCUT2D eigenvalue weighted by atomic mass is 35.5. The Hall–Kier alpha value is -2.03. The maximum atomic E-state index is 11.7. The second-order valence-electron chi connectivity index (χ2n) is 4.33. The maximum absolute atomic E-state index is 11.7. The number of phenols is 1. The van der Waals surface area contributed by atoms with Gasteiger partial charge < -0.3 is 5.11 Å². The third-order valence-corrected chi connectivity index (χ3v) is 3.46. The van der Waals surface area contributed by atoms with Gasteiger partial charge in [0.05, 0.1) is 10.0 Å². The highest BCUT2D eigenvalue weighted by molar-refractivity contribution is 6.42. The standard InChI is InChI=1S/C17H12Cl2O2/c18-16-10-5-13(11-17(16)19)4-9-15(21)8-3-12-1-6-14(20)7-2-12/h1-11,20H/b8-3+,9-4+. The quantitative estimate of drug-likeness (QED) is 0.806. The number of rotatable bonds is 4. The van der Waals surface area contributed by atoms with E-state index in [2.05, 4.69) is 0 Å². The van der Waals surface area contributed by atoms with Crippen LogP contribution in [0.1, 0.15) is 11.1 Å². The maximum Gasteiger partial charge on any atom is 0.178 e. The first-order valence-corrected chi connectivity index (χ1v) is 6.94. The van der Waals surface area contributed by atoms with Crippen LogP contribution < -0.4 is 0 Å². The van der Waals surface area contributed by atoms with E-state index in [1.807, 2.05) is 0 Å². The molecule has 0 bridgehead atoms. The van der Waals surface area contributed by atoms with Gasteiger partial charge in [0.1, 0.15) is 5.75 Å². The highest BCUT2D eigenvalue weighted by Crippen LogP contribution is 2.23. The Bertz CT molecular complexity index is 701. The van der Waals surface area contributed by atoms with Crippen molar-refractivity contribution in [2.24, 2.45) is 0 Å². The Morgan fingerprint density at radius 1 is 0.857 bits per heavy atom. The van der Waals surface area contributed by atoms with Crippen molar-refractivity contribution in [3.63, 3.8) is 0 Å². The number of ketones is 1. The predicted molar refractivity (Wildman–Crippen MR) is 87.6 cm³/mol. The number of aromatic hydroxyl groups is 1. The minimum absolute atomic E-state index is 0.144. The summed E-state index contributed by atoms with van der Waals surface area (Å²) in [5, 5.41) is 10.1. The Kier molecular flexibility index (Phi) is 5.20. The van der Waals surface area contributed by atoms with Crippen LogP contribution in [0.25, 0.3) is 12.2 Å². The van der Waals surface area contributed by atoms with Crippen LogP contribution in [0.2, 0.25) is 10.0 Å². The predicted octanol–water partition coefficient (Wildman–Crippen LogP) is 4.99. The van der Waals surface area contributed by atoms with E-state index in [1.54, 1.807) is 54.6 Å². The number of halogens is 2. The third-order valence-electron chi connectivity index (χ3n) is 2.72. The van der Waals surface area contributed by atoms with Gasteiger partial charge in [-0.3, -0.25) is 4.79 Å². The third kappa shape index (κ3) is 4.78. The molecule has 1 N–H and O–H groups in total. The number of allylic oxidation sites excluding steroid dienone is 2. The molecule has 0 fully saturated rings. The van der Waals surface area contributed by atoms with Gasteiger partial charge in [0.25, 0.3) is 0 Å². The van der Waals surface area contributed by atoms with Gasteiger partial charge in [-0.2, -0.15) is 0 Å². The molecule has 4 heteroatoms. The van der Waals surface area contributed by atoms with E-state index in [0.29, 0.717) is 10.0 Å². The molecule has 106 valence electrons. The number of phenolic OH excluding ortho intramolecular Hbond substituents is 1. The molecule has 0 saturated carbocycles. The summed E-state index contributed by atoms with van der Waals surface area (Å²) in [7, 11) is 0. The molecular weight excluding hydrogens is 307 g/mol. The molecule has 2 aromatic carbocycles. The van der Waals surface area contributed by atoms with E-state index in [1.165, 1.54) is 12.2 Å². The van der Waals surface area contributed by atoms with Gasteiger partial charge >= 0.3 is 0 Å². The number of carbonyl (C=O) groups excluding carboxylic acids is 1. The van der Waals surface area contributed by atoms with Crippen LogP contribution in [0.3, 0.4) is 0 Å². The van der Waals surface area contributed by atoms with Crippen molar-refractivity contribution in [1.82, 2.24) is 0 Å². The molecule has 2 aromatic rings. The van der Waals surface area contributed by atoms with Gasteiger partial charge in [-0.1, -0.05) is 53.6 Å². The zero-order chi connectivity index (χ0) is 15.2. The lowest BCUT2D eigenvalue weighted by molar-refractivity contribution is -0.110. The van der Waals surface area contributed by atoms with Crippen LogP contribution in [-0.2, 0) is 4.79 Å². The normalized spacial score (nSPS) is 11.3. The zero-order valence-electron chi connectivity index (χ0n) is 11.0. The lowest BCUT2D eigenvalue weighted by atomic mass is 10.1. The van der Waals surface area contributed by atoms with Gasteiger partial charge in [-0.05, 0) is 47.5 Å². The first-order chi connectivity index (χ1) is 10.0. The second-order valence-corrected chi connectivity index (χ2v) is 5.15. The van der Waals surface area contributed by atoms with Crippen LogP contribution >= 0.6 is 23.2 Å². The SMILES string of the molecule is O=C(/C=C/c1ccc(O)cc1)/C=C/c1ccc(Cl)c(Cl)c1. The number of carbonyl (C=O) groups is 1. The average Bonchev–Trinajstić information content (AvgIpc) is 2.48. The van der Waals surface area contributed by atoms with Crippen LogP contribution in [-0.4, -0.2) is 10.9 Å². The van der Waals surface area contributed by atoms with Crippen LogP contribution in [0.15, 0.2) is 54.6 Å². The van der Waals surface area contributed by atoms with Gasteiger partial charge in [0.2, 0.25) is 0 Å². The summed E-state index contributed by atoms with van der Waals surface area (Å²) >= 11 is 11.7. The van der Waals surface area contributed by atoms with E-state index in [4.69, 9.17) is 28.3 Å². The van der Waals surface area contributed by atoms with Crippen molar-refractivity contribution in [1.29, 1.82) is 0 Å². The number of hydrogen-bond donors (Lipinski definition) is 1. The zero-order valence-corrected chi connectivity index (χ0v) is 12.5. The summed E-state index contributed by atoms with van der Waals surface area (Å²) in [6.07, 6.45) is 6.27. The average molecular weight is 319 g/mol. The Morgan fingerprint density at radius 2 is 1.43 bits per heavy atom. The second kappa shape index (κ2) is 7.11. The lowest BCUT2D eigenvalue weighted by Gasteiger charge is -1.97. The van der Waals surface area contributed by atoms with E-state index in [0.717, 1.165) is 11.1 Å².